The molecule has 2 aromatic rings. The summed E-state index contributed by atoms with van der Waals surface area (Å²) in [4.78, 5) is 7.90. The highest BCUT2D eigenvalue weighted by Crippen LogP contribution is 2.24. The van der Waals surface area contributed by atoms with Crippen LogP contribution in [0.1, 0.15) is 24.0 Å². The molecule has 2 aromatic carbocycles. The van der Waals surface area contributed by atoms with Crippen LogP contribution in [0.4, 0.5) is 0 Å². The predicted molar refractivity (Wildman–Crippen MR) is 106 cm³/mol. The topological polar surface area (TPSA) is 34.1 Å². The number of oxime groups is 1. The summed E-state index contributed by atoms with van der Waals surface area (Å²) in [5.74, 6) is 0.728. The minimum Gasteiger partial charge on any atom is -0.488 e. The standard InChI is InChI=1S/C20H22Cl2N2O2/c1-24-10-4-6-18(13-24)26-23-12-15-5-2-3-7-20(15)25-14-16-8-9-17(21)11-19(16)22/h2-3,5,7-9,11-12,18H,4,6,10,13-14H2,1H3. The number of rotatable bonds is 6. The molecule has 1 atom stereocenters. The second-order valence-corrected chi connectivity index (χ2v) is 7.27. The fraction of sp³-hybridized carbons (Fsp3) is 0.350. The first-order chi connectivity index (χ1) is 12.6. The van der Waals surface area contributed by atoms with E-state index < -0.39 is 0 Å². The summed E-state index contributed by atoms with van der Waals surface area (Å²) in [5.41, 5.74) is 1.74. The number of para-hydroxylation sites is 1. The minimum atomic E-state index is 0.144. The van der Waals surface area contributed by atoms with Crippen molar-refractivity contribution in [1.29, 1.82) is 0 Å². The van der Waals surface area contributed by atoms with Crippen LogP contribution in [0.15, 0.2) is 47.6 Å². The fourth-order valence-corrected chi connectivity index (χ4v) is 3.35. The van der Waals surface area contributed by atoms with Crippen LogP contribution in [0, 0.1) is 0 Å². The Morgan fingerprint density at radius 3 is 2.88 bits per heavy atom. The van der Waals surface area contributed by atoms with Gasteiger partial charge in [-0.2, -0.15) is 0 Å². The molecule has 0 aliphatic carbocycles. The first kappa shape index (κ1) is 19.0. The third kappa shape index (κ3) is 5.37. The second kappa shape index (κ2) is 9.26. The number of likely N-dealkylation sites (N-methyl/N-ethyl adjacent to an activating group) is 1. The summed E-state index contributed by atoms with van der Waals surface area (Å²) < 4.78 is 5.92. The van der Waals surface area contributed by atoms with Crippen molar-refractivity contribution in [3.63, 3.8) is 0 Å². The molecule has 0 radical (unpaired) electrons. The lowest BCUT2D eigenvalue weighted by Crippen LogP contribution is -2.36. The van der Waals surface area contributed by atoms with Gasteiger partial charge in [-0.25, -0.2) is 0 Å². The molecule has 1 saturated heterocycles. The van der Waals surface area contributed by atoms with Gasteiger partial charge in [0.05, 0.1) is 6.21 Å². The van der Waals surface area contributed by atoms with Crippen molar-refractivity contribution >= 4 is 29.4 Å². The summed E-state index contributed by atoms with van der Waals surface area (Å²) in [6.45, 7) is 2.38. The molecule has 4 nitrogen and oxygen atoms in total. The number of piperidine rings is 1. The Balaban J connectivity index is 1.61. The van der Waals surface area contributed by atoms with E-state index >= 15 is 0 Å². The number of hydrogen-bond donors (Lipinski definition) is 0. The van der Waals surface area contributed by atoms with Gasteiger partial charge in [-0.1, -0.05) is 46.6 Å². The minimum absolute atomic E-state index is 0.144. The van der Waals surface area contributed by atoms with Crippen molar-refractivity contribution in [2.45, 2.75) is 25.6 Å². The van der Waals surface area contributed by atoms with Gasteiger partial charge in [0.15, 0.2) is 0 Å². The Kier molecular flexibility index (Phi) is 6.78. The van der Waals surface area contributed by atoms with Crippen molar-refractivity contribution in [2.75, 3.05) is 20.1 Å². The quantitative estimate of drug-likeness (QED) is 0.511. The van der Waals surface area contributed by atoms with Gasteiger partial charge < -0.3 is 14.5 Å². The van der Waals surface area contributed by atoms with Crippen LogP contribution in [0.2, 0.25) is 10.0 Å². The Bertz CT molecular complexity index is 767. The summed E-state index contributed by atoms with van der Waals surface area (Å²) in [6.07, 6.45) is 4.02. The number of halogens is 2. The van der Waals surface area contributed by atoms with E-state index in [2.05, 4.69) is 17.1 Å². The predicted octanol–water partition coefficient (Wildman–Crippen LogP) is 5.02. The molecule has 1 fully saturated rings. The number of benzene rings is 2. The first-order valence-electron chi connectivity index (χ1n) is 8.65. The highest BCUT2D eigenvalue weighted by molar-refractivity contribution is 6.35. The van der Waals surface area contributed by atoms with Gasteiger partial charge in [-0.05, 0) is 50.7 Å². The van der Waals surface area contributed by atoms with E-state index in [1.807, 2.05) is 30.3 Å². The molecule has 0 bridgehead atoms. The maximum atomic E-state index is 6.20. The van der Waals surface area contributed by atoms with E-state index in [1.54, 1.807) is 18.3 Å². The lowest BCUT2D eigenvalue weighted by Gasteiger charge is -2.27. The van der Waals surface area contributed by atoms with Crippen molar-refractivity contribution in [2.24, 2.45) is 5.16 Å². The van der Waals surface area contributed by atoms with E-state index in [9.17, 15) is 0 Å². The molecule has 0 spiro atoms. The average molecular weight is 393 g/mol. The van der Waals surface area contributed by atoms with Crippen molar-refractivity contribution < 1.29 is 9.57 Å². The number of likely N-dealkylation sites (tertiary alicyclic amines) is 1. The molecule has 1 unspecified atom stereocenters. The Hall–Kier alpha value is -1.75. The van der Waals surface area contributed by atoms with Gasteiger partial charge in [-0.15, -0.1) is 0 Å². The maximum Gasteiger partial charge on any atom is 0.140 e. The van der Waals surface area contributed by atoms with Crippen molar-refractivity contribution in [1.82, 2.24) is 4.90 Å². The van der Waals surface area contributed by atoms with Crippen LogP contribution < -0.4 is 4.74 Å². The molecule has 0 N–H and O–H groups in total. The molecule has 0 aromatic heterocycles. The molecule has 138 valence electrons. The van der Waals surface area contributed by atoms with Gasteiger partial charge in [0.2, 0.25) is 0 Å². The van der Waals surface area contributed by atoms with Gasteiger partial charge in [0.25, 0.3) is 0 Å². The maximum absolute atomic E-state index is 6.20. The van der Waals surface area contributed by atoms with E-state index in [-0.39, 0.29) is 6.10 Å². The smallest absolute Gasteiger partial charge is 0.140 e. The molecule has 1 aliphatic heterocycles. The molecule has 1 heterocycles. The number of ether oxygens (including phenoxy) is 1. The third-order valence-electron chi connectivity index (χ3n) is 4.30. The Morgan fingerprint density at radius 1 is 1.23 bits per heavy atom. The van der Waals surface area contributed by atoms with E-state index in [4.69, 9.17) is 32.8 Å². The average Bonchev–Trinajstić information content (AvgIpc) is 2.62. The SMILES string of the molecule is CN1CCCC(ON=Cc2ccccc2OCc2ccc(Cl)cc2Cl)C1. The fourth-order valence-electron chi connectivity index (χ4n) is 2.89. The first-order valence-corrected chi connectivity index (χ1v) is 9.41. The van der Waals surface area contributed by atoms with Crippen molar-refractivity contribution in [3.05, 3.63) is 63.6 Å². The van der Waals surface area contributed by atoms with Crippen LogP contribution in [0.3, 0.4) is 0 Å². The zero-order valence-corrected chi connectivity index (χ0v) is 16.2. The normalized spacial score (nSPS) is 18.2. The summed E-state index contributed by atoms with van der Waals surface area (Å²) >= 11 is 12.1. The lowest BCUT2D eigenvalue weighted by atomic mass is 10.1. The zero-order valence-electron chi connectivity index (χ0n) is 14.7. The third-order valence-corrected chi connectivity index (χ3v) is 4.89. The van der Waals surface area contributed by atoms with E-state index in [0.717, 1.165) is 42.8 Å². The monoisotopic (exact) mass is 392 g/mol. The number of nitrogens with zero attached hydrogens (tertiary/aromatic N) is 2. The molecule has 3 rings (SSSR count). The Labute approximate surface area is 164 Å². The van der Waals surface area contributed by atoms with E-state index in [1.165, 1.54) is 0 Å². The summed E-state index contributed by atoms with van der Waals surface area (Å²) in [6, 6.07) is 13.1. The highest BCUT2D eigenvalue weighted by atomic mass is 35.5. The van der Waals surface area contributed by atoms with Crippen LogP contribution in [0.5, 0.6) is 5.75 Å². The summed E-state index contributed by atoms with van der Waals surface area (Å²) in [7, 11) is 2.10. The second-order valence-electron chi connectivity index (χ2n) is 6.43. The molecule has 0 saturated carbocycles. The molecule has 6 heteroatoms. The molecular formula is C20H22Cl2N2O2. The molecule has 1 aliphatic rings. The zero-order chi connectivity index (χ0) is 18.4. The summed E-state index contributed by atoms with van der Waals surface area (Å²) in [5, 5.41) is 5.37. The van der Waals surface area contributed by atoms with Crippen LogP contribution in [-0.4, -0.2) is 37.4 Å². The van der Waals surface area contributed by atoms with Crippen molar-refractivity contribution in [3.8, 4) is 5.75 Å². The largest absolute Gasteiger partial charge is 0.488 e. The Morgan fingerprint density at radius 2 is 2.08 bits per heavy atom. The molecular weight excluding hydrogens is 371 g/mol. The highest BCUT2D eigenvalue weighted by Gasteiger charge is 2.18. The molecule has 26 heavy (non-hydrogen) atoms. The van der Waals surface area contributed by atoms with Crippen LogP contribution in [0.25, 0.3) is 0 Å². The van der Waals surface area contributed by atoms with Crippen LogP contribution >= 0.6 is 23.2 Å². The van der Waals surface area contributed by atoms with Gasteiger partial charge >= 0.3 is 0 Å². The van der Waals surface area contributed by atoms with E-state index in [0.29, 0.717) is 16.7 Å². The van der Waals surface area contributed by atoms with Gasteiger partial charge in [-0.3, -0.25) is 0 Å². The van der Waals surface area contributed by atoms with Gasteiger partial charge in [0, 0.05) is 27.7 Å². The van der Waals surface area contributed by atoms with Gasteiger partial charge in [0.1, 0.15) is 18.5 Å². The molecule has 0 amide bonds. The lowest BCUT2D eigenvalue weighted by molar-refractivity contribution is 0.0107. The number of hydrogen-bond acceptors (Lipinski definition) is 4. The van der Waals surface area contributed by atoms with Crippen LogP contribution in [-0.2, 0) is 11.4 Å².